The number of aryl methyl sites for hydroxylation is 1. The van der Waals surface area contributed by atoms with Gasteiger partial charge in [-0.3, -0.25) is 4.79 Å². The molecule has 0 aliphatic carbocycles. The number of aliphatic hydroxyl groups is 1. The van der Waals surface area contributed by atoms with E-state index >= 15 is 0 Å². The number of H-pyrrole nitrogens is 1. The fraction of sp³-hybridized carbons (Fsp3) is 0.364. The maximum absolute atomic E-state index is 13.7. The smallest absolute Gasteiger partial charge is 0.268 e. The molecule has 1 amide bonds. The van der Waals surface area contributed by atoms with Gasteiger partial charge in [0.15, 0.2) is 11.6 Å². The normalized spacial score (nSPS) is 17.5. The minimum absolute atomic E-state index is 0.0513. The maximum atomic E-state index is 13.7. The van der Waals surface area contributed by atoms with Crippen molar-refractivity contribution in [3.05, 3.63) is 57.4 Å². The molecule has 1 aliphatic rings. The van der Waals surface area contributed by atoms with E-state index in [2.05, 4.69) is 20.6 Å². The van der Waals surface area contributed by atoms with Crippen LogP contribution in [-0.4, -0.2) is 38.7 Å². The first-order valence-electron chi connectivity index (χ1n) is 10.3. The second-order valence-electron chi connectivity index (χ2n) is 7.68. The van der Waals surface area contributed by atoms with Crippen molar-refractivity contribution in [3.63, 3.8) is 0 Å². The average molecular weight is 445 g/mol. The van der Waals surface area contributed by atoms with Gasteiger partial charge in [0, 0.05) is 17.3 Å². The van der Waals surface area contributed by atoms with Crippen LogP contribution < -0.4 is 10.6 Å². The number of phenols is 1. The zero-order chi connectivity index (χ0) is 22.0. The topological polar surface area (TPSA) is 110 Å². The van der Waals surface area contributed by atoms with Gasteiger partial charge in [-0.15, -0.1) is 11.3 Å². The van der Waals surface area contributed by atoms with Gasteiger partial charge in [-0.2, -0.15) is 0 Å². The van der Waals surface area contributed by atoms with E-state index in [1.165, 1.54) is 23.5 Å². The van der Waals surface area contributed by atoms with Gasteiger partial charge in [-0.1, -0.05) is 6.42 Å². The molecule has 4 rings (SSSR count). The van der Waals surface area contributed by atoms with Gasteiger partial charge in [0.1, 0.15) is 10.7 Å². The number of thiazole rings is 1. The number of hydrogen-bond acceptors (Lipinski definition) is 6. The number of hydrogen-bond donors (Lipinski definition) is 5. The molecule has 2 aromatic heterocycles. The lowest BCUT2D eigenvalue weighted by Crippen LogP contribution is -2.46. The molecule has 3 aromatic rings. The zero-order valence-electron chi connectivity index (χ0n) is 17.1. The highest BCUT2D eigenvalue weighted by Gasteiger charge is 2.30. The van der Waals surface area contributed by atoms with Gasteiger partial charge in [0.05, 0.1) is 23.2 Å². The van der Waals surface area contributed by atoms with Crippen LogP contribution in [0.15, 0.2) is 30.3 Å². The van der Waals surface area contributed by atoms with Crippen LogP contribution in [0.5, 0.6) is 5.75 Å². The number of carbonyl (C=O) groups excluding carboxylic acids is 1. The van der Waals surface area contributed by atoms with Gasteiger partial charge >= 0.3 is 0 Å². The number of benzene rings is 1. The number of aromatic hydroxyl groups is 1. The molecule has 1 fully saturated rings. The Morgan fingerprint density at radius 3 is 2.87 bits per heavy atom. The number of carbonyl (C=O) groups is 1. The van der Waals surface area contributed by atoms with Gasteiger partial charge in [-0.05, 0) is 56.6 Å². The Kier molecular flexibility index (Phi) is 6.35. The average Bonchev–Trinajstić information content (AvgIpc) is 3.41. The van der Waals surface area contributed by atoms with E-state index in [0.717, 1.165) is 41.4 Å². The largest absolute Gasteiger partial charge is 0.505 e. The van der Waals surface area contributed by atoms with Gasteiger partial charge in [-0.25, -0.2) is 9.37 Å². The van der Waals surface area contributed by atoms with Crippen molar-refractivity contribution in [1.29, 1.82) is 0 Å². The highest BCUT2D eigenvalue weighted by Crippen LogP contribution is 2.30. The molecule has 164 valence electrons. The summed E-state index contributed by atoms with van der Waals surface area (Å²) in [5.74, 6) is -1.43. The third kappa shape index (κ3) is 4.63. The molecule has 5 N–H and O–H groups in total. The summed E-state index contributed by atoms with van der Waals surface area (Å²) in [5, 5.41) is 26.3. The van der Waals surface area contributed by atoms with E-state index in [-0.39, 0.29) is 24.6 Å². The van der Waals surface area contributed by atoms with Crippen molar-refractivity contribution in [2.45, 2.75) is 44.9 Å². The number of aromatic amines is 1. The number of phenolic OH excluding ortho intramolecular Hbond substituents is 1. The second-order valence-corrected chi connectivity index (χ2v) is 8.79. The van der Waals surface area contributed by atoms with Gasteiger partial charge in [0.2, 0.25) is 0 Å². The molecule has 1 aromatic carbocycles. The predicted molar refractivity (Wildman–Crippen MR) is 116 cm³/mol. The predicted octanol–water partition coefficient (Wildman–Crippen LogP) is 3.40. The number of nitrogens with one attached hydrogen (secondary N) is 3. The van der Waals surface area contributed by atoms with Crippen LogP contribution in [-0.2, 0) is 6.61 Å². The minimum Gasteiger partial charge on any atom is -0.505 e. The number of piperidine rings is 1. The van der Waals surface area contributed by atoms with Crippen molar-refractivity contribution in [2.75, 3.05) is 6.54 Å². The number of rotatable bonds is 6. The Balaban J connectivity index is 1.57. The first-order chi connectivity index (χ1) is 15.0. The quantitative estimate of drug-likeness (QED) is 0.400. The lowest BCUT2D eigenvalue weighted by Gasteiger charge is -2.30. The van der Waals surface area contributed by atoms with E-state index in [4.69, 9.17) is 0 Å². The number of nitrogens with zero attached hydrogens (tertiary/aromatic N) is 1. The lowest BCUT2D eigenvalue weighted by atomic mass is 9.98. The van der Waals surface area contributed by atoms with Gasteiger partial charge < -0.3 is 25.8 Å². The molecule has 0 radical (unpaired) electrons. The highest BCUT2D eigenvalue weighted by molar-refractivity contribution is 7.11. The molecular weight excluding hydrogens is 419 g/mol. The molecule has 2 atom stereocenters. The first-order valence-corrected chi connectivity index (χ1v) is 11.1. The van der Waals surface area contributed by atoms with Gasteiger partial charge in [0.25, 0.3) is 5.91 Å². The second kappa shape index (κ2) is 9.17. The SMILES string of the molecule is Cc1nc(C(NC(=O)c2ccc(-c3ccc(O)c(F)c3)[nH]2)C2CCCCN2)sc1CO. The molecular formula is C22H25FN4O3S. The minimum atomic E-state index is -0.722. The molecule has 3 heterocycles. The van der Waals surface area contributed by atoms with Crippen molar-refractivity contribution in [2.24, 2.45) is 0 Å². The van der Waals surface area contributed by atoms with Crippen LogP contribution >= 0.6 is 11.3 Å². The molecule has 1 aliphatic heterocycles. The number of halogens is 1. The number of amides is 1. The third-order valence-corrected chi connectivity index (χ3v) is 6.77. The summed E-state index contributed by atoms with van der Waals surface area (Å²) >= 11 is 1.41. The highest BCUT2D eigenvalue weighted by atomic mass is 32.1. The van der Waals surface area contributed by atoms with Crippen LogP contribution in [0.4, 0.5) is 4.39 Å². The summed E-state index contributed by atoms with van der Waals surface area (Å²) in [6.45, 7) is 2.66. The fourth-order valence-electron chi connectivity index (χ4n) is 3.82. The van der Waals surface area contributed by atoms with Crippen LogP contribution in [0.1, 0.15) is 51.4 Å². The summed E-state index contributed by atoms with van der Waals surface area (Å²) in [4.78, 5) is 21.5. The zero-order valence-corrected chi connectivity index (χ0v) is 17.9. The molecule has 7 nitrogen and oxygen atoms in total. The van der Waals surface area contributed by atoms with E-state index in [0.29, 0.717) is 17.0 Å². The standard InChI is InChI=1S/C22H25FN4O3S/c1-12-19(11-28)31-22(25-12)20(16-4-2-3-9-24-16)27-21(30)17-7-6-15(26-17)13-5-8-18(29)14(23)10-13/h5-8,10,16,20,24,26,28-29H,2-4,9,11H2,1H3,(H,27,30). The number of aliphatic hydroxyl groups excluding tert-OH is 1. The third-order valence-electron chi connectivity index (χ3n) is 5.55. The monoisotopic (exact) mass is 444 g/mol. The summed E-state index contributed by atoms with van der Waals surface area (Å²) in [6, 6.07) is 7.14. The fourth-order valence-corrected chi connectivity index (χ4v) is 4.86. The van der Waals surface area contributed by atoms with Crippen LogP contribution in [0, 0.1) is 12.7 Å². The van der Waals surface area contributed by atoms with Crippen molar-refractivity contribution in [3.8, 4) is 17.0 Å². The van der Waals surface area contributed by atoms with Crippen molar-refractivity contribution in [1.82, 2.24) is 20.6 Å². The van der Waals surface area contributed by atoms with Crippen LogP contribution in [0.25, 0.3) is 11.3 Å². The Bertz CT molecular complexity index is 1070. The number of aromatic nitrogens is 2. The lowest BCUT2D eigenvalue weighted by molar-refractivity contribution is 0.0918. The van der Waals surface area contributed by atoms with Crippen LogP contribution in [0.3, 0.4) is 0 Å². The summed E-state index contributed by atoms with van der Waals surface area (Å²) < 4.78 is 13.7. The van der Waals surface area contributed by atoms with Crippen molar-refractivity contribution < 1.29 is 19.4 Å². The molecule has 2 unspecified atom stereocenters. The Morgan fingerprint density at radius 2 is 2.19 bits per heavy atom. The van der Waals surface area contributed by atoms with E-state index < -0.39 is 11.6 Å². The Morgan fingerprint density at radius 1 is 1.35 bits per heavy atom. The molecule has 1 saturated heterocycles. The summed E-state index contributed by atoms with van der Waals surface area (Å²) in [7, 11) is 0. The molecule has 0 bridgehead atoms. The Hall–Kier alpha value is -2.75. The molecule has 31 heavy (non-hydrogen) atoms. The summed E-state index contributed by atoms with van der Waals surface area (Å²) in [5.41, 5.74) is 2.22. The van der Waals surface area contributed by atoms with Crippen molar-refractivity contribution >= 4 is 17.2 Å². The first kappa shape index (κ1) is 21.5. The summed E-state index contributed by atoms with van der Waals surface area (Å²) in [6.07, 6.45) is 3.08. The van der Waals surface area contributed by atoms with E-state index in [9.17, 15) is 19.4 Å². The molecule has 0 saturated carbocycles. The van der Waals surface area contributed by atoms with E-state index in [1.54, 1.807) is 18.2 Å². The van der Waals surface area contributed by atoms with E-state index in [1.807, 2.05) is 6.92 Å². The molecule has 9 heteroatoms. The van der Waals surface area contributed by atoms with Crippen LogP contribution in [0.2, 0.25) is 0 Å². The Labute approximate surface area is 183 Å². The maximum Gasteiger partial charge on any atom is 0.268 e. The molecule has 0 spiro atoms.